The first-order valence-electron chi connectivity index (χ1n) is 8.88. The van der Waals surface area contributed by atoms with Crippen LogP contribution >= 0.6 is 0 Å². The number of benzene rings is 2. The molecule has 0 saturated heterocycles. The Morgan fingerprint density at radius 3 is 2.50 bits per heavy atom. The van der Waals surface area contributed by atoms with E-state index in [2.05, 4.69) is 0 Å². The van der Waals surface area contributed by atoms with Gasteiger partial charge in [-0.25, -0.2) is 4.79 Å². The molecule has 1 atom stereocenters. The van der Waals surface area contributed by atoms with Crippen molar-refractivity contribution in [3.05, 3.63) is 59.2 Å². The van der Waals surface area contributed by atoms with Crippen LogP contribution in [0.4, 0.5) is 0 Å². The first kappa shape index (κ1) is 21.2. The van der Waals surface area contributed by atoms with Crippen LogP contribution in [0, 0.1) is 0 Å². The van der Waals surface area contributed by atoms with Gasteiger partial charge in [-0.05, 0) is 43.2 Å². The Morgan fingerprint density at radius 2 is 1.82 bits per heavy atom. The second-order valence-corrected chi connectivity index (χ2v) is 5.99. The number of carbonyl (C=O) groups excluding carboxylic acids is 2. The molecule has 2 rings (SSSR count). The number of hydrogen-bond acceptors (Lipinski definition) is 7. The van der Waals surface area contributed by atoms with Crippen LogP contribution in [-0.2, 0) is 27.3 Å². The summed E-state index contributed by atoms with van der Waals surface area (Å²) in [6.45, 7) is 2.19. The van der Waals surface area contributed by atoms with Crippen LogP contribution in [0.2, 0.25) is 0 Å². The van der Waals surface area contributed by atoms with Gasteiger partial charge < -0.3 is 24.7 Å². The lowest BCUT2D eigenvalue weighted by Gasteiger charge is -2.15. The van der Waals surface area contributed by atoms with Crippen LogP contribution in [0.25, 0.3) is 0 Å². The van der Waals surface area contributed by atoms with Crippen LogP contribution < -0.4 is 15.2 Å². The van der Waals surface area contributed by atoms with E-state index < -0.39 is 18.0 Å². The number of rotatable bonds is 9. The second-order valence-electron chi connectivity index (χ2n) is 5.99. The molecule has 28 heavy (non-hydrogen) atoms. The molecule has 1 unspecified atom stereocenters. The molecule has 2 aromatic carbocycles. The molecule has 0 aliphatic rings. The van der Waals surface area contributed by atoms with Crippen molar-refractivity contribution in [3.8, 4) is 11.5 Å². The number of esters is 2. The van der Waals surface area contributed by atoms with Gasteiger partial charge >= 0.3 is 11.9 Å². The van der Waals surface area contributed by atoms with E-state index in [9.17, 15) is 9.59 Å². The normalized spacial score (nSPS) is 11.4. The number of ether oxygens (including phenoxy) is 4. The number of methoxy groups -OCH3 is 2. The summed E-state index contributed by atoms with van der Waals surface area (Å²) in [5.41, 5.74) is 7.85. The molecule has 2 aromatic rings. The highest BCUT2D eigenvalue weighted by atomic mass is 16.5. The summed E-state index contributed by atoms with van der Waals surface area (Å²) in [6.07, 6.45) is 0.328. The van der Waals surface area contributed by atoms with Gasteiger partial charge in [-0.15, -0.1) is 0 Å². The first-order chi connectivity index (χ1) is 13.5. The molecule has 0 aromatic heterocycles. The maximum Gasteiger partial charge on any atom is 0.341 e. The fourth-order valence-corrected chi connectivity index (χ4v) is 2.68. The Bertz CT molecular complexity index is 820. The predicted molar refractivity (Wildman–Crippen MR) is 103 cm³/mol. The van der Waals surface area contributed by atoms with Crippen molar-refractivity contribution in [2.24, 2.45) is 5.73 Å². The van der Waals surface area contributed by atoms with Crippen molar-refractivity contribution in [1.29, 1.82) is 0 Å². The standard InChI is InChI=1S/C21H25NO6/c1-4-27-21(24)17(22)12-14-9-10-18(25-2)15(11-14)13-28-19-8-6-5-7-16(19)20(23)26-3/h5-11,17H,4,12-13,22H2,1-3H3. The van der Waals surface area contributed by atoms with Gasteiger partial charge in [0, 0.05) is 5.56 Å². The van der Waals surface area contributed by atoms with Gasteiger partial charge in [0.1, 0.15) is 29.7 Å². The zero-order valence-corrected chi connectivity index (χ0v) is 16.3. The Morgan fingerprint density at radius 1 is 1.07 bits per heavy atom. The number of carbonyl (C=O) groups is 2. The van der Waals surface area contributed by atoms with E-state index in [1.807, 2.05) is 12.1 Å². The molecular weight excluding hydrogens is 362 g/mol. The maximum absolute atomic E-state index is 11.9. The monoisotopic (exact) mass is 387 g/mol. The van der Waals surface area contributed by atoms with Crippen LogP contribution in [0.3, 0.4) is 0 Å². The molecule has 0 amide bonds. The third-order valence-electron chi connectivity index (χ3n) is 4.07. The molecule has 7 nitrogen and oxygen atoms in total. The lowest BCUT2D eigenvalue weighted by molar-refractivity contribution is -0.144. The highest BCUT2D eigenvalue weighted by Crippen LogP contribution is 2.25. The van der Waals surface area contributed by atoms with Crippen molar-refractivity contribution >= 4 is 11.9 Å². The van der Waals surface area contributed by atoms with E-state index in [1.54, 1.807) is 44.4 Å². The highest BCUT2D eigenvalue weighted by molar-refractivity contribution is 5.92. The average molecular weight is 387 g/mol. The van der Waals surface area contributed by atoms with E-state index in [0.29, 0.717) is 23.5 Å². The van der Waals surface area contributed by atoms with Crippen LogP contribution in [-0.4, -0.2) is 38.8 Å². The van der Waals surface area contributed by atoms with Crippen molar-refractivity contribution in [2.75, 3.05) is 20.8 Å². The fourth-order valence-electron chi connectivity index (χ4n) is 2.68. The molecule has 7 heteroatoms. The van der Waals surface area contributed by atoms with Crippen molar-refractivity contribution < 1.29 is 28.5 Å². The predicted octanol–water partition coefficient (Wildman–Crippen LogP) is 2.49. The third kappa shape index (κ3) is 5.47. The molecule has 2 N–H and O–H groups in total. The van der Waals surface area contributed by atoms with Crippen LogP contribution in [0.15, 0.2) is 42.5 Å². The minimum atomic E-state index is -0.748. The minimum absolute atomic E-state index is 0.166. The van der Waals surface area contributed by atoms with Gasteiger partial charge in [-0.1, -0.05) is 18.2 Å². The van der Waals surface area contributed by atoms with Gasteiger partial charge in [0.2, 0.25) is 0 Å². The largest absolute Gasteiger partial charge is 0.496 e. The number of nitrogens with two attached hydrogens (primary N) is 1. The van der Waals surface area contributed by atoms with Crippen LogP contribution in [0.5, 0.6) is 11.5 Å². The molecule has 0 spiro atoms. The first-order valence-corrected chi connectivity index (χ1v) is 8.88. The van der Waals surface area contributed by atoms with Crippen LogP contribution in [0.1, 0.15) is 28.4 Å². The Kier molecular flexibility index (Phi) is 7.83. The lowest BCUT2D eigenvalue weighted by Crippen LogP contribution is -2.34. The van der Waals surface area contributed by atoms with Crippen molar-refractivity contribution in [3.63, 3.8) is 0 Å². The molecular formula is C21H25NO6. The summed E-state index contributed by atoms with van der Waals surface area (Å²) in [7, 11) is 2.88. The maximum atomic E-state index is 11.9. The Balaban J connectivity index is 2.17. The summed E-state index contributed by atoms with van der Waals surface area (Å²) in [5.74, 6) is 0.119. The molecule has 0 fully saturated rings. The van der Waals surface area contributed by atoms with Gasteiger partial charge in [-0.2, -0.15) is 0 Å². The van der Waals surface area contributed by atoms with Crippen molar-refractivity contribution in [2.45, 2.75) is 26.0 Å². The summed E-state index contributed by atoms with van der Waals surface area (Å²) in [6, 6.07) is 11.6. The summed E-state index contributed by atoms with van der Waals surface area (Å²) < 4.78 is 20.9. The van der Waals surface area contributed by atoms with Crippen molar-refractivity contribution in [1.82, 2.24) is 0 Å². The third-order valence-corrected chi connectivity index (χ3v) is 4.07. The SMILES string of the molecule is CCOC(=O)C(N)Cc1ccc(OC)c(COc2ccccc2C(=O)OC)c1. The number of para-hydroxylation sites is 1. The van der Waals surface area contributed by atoms with Gasteiger partial charge in [-0.3, -0.25) is 4.79 Å². The zero-order chi connectivity index (χ0) is 20.5. The van der Waals surface area contributed by atoms with E-state index in [0.717, 1.165) is 11.1 Å². The molecule has 0 heterocycles. The molecule has 0 aliphatic heterocycles. The lowest BCUT2D eigenvalue weighted by atomic mass is 10.0. The molecule has 0 radical (unpaired) electrons. The number of hydrogen-bond donors (Lipinski definition) is 1. The Hall–Kier alpha value is -3.06. The van der Waals surface area contributed by atoms with Gasteiger partial charge in [0.15, 0.2) is 0 Å². The second kappa shape index (κ2) is 10.3. The smallest absolute Gasteiger partial charge is 0.341 e. The fraction of sp³-hybridized carbons (Fsp3) is 0.333. The molecule has 150 valence electrons. The van der Waals surface area contributed by atoms with E-state index in [-0.39, 0.29) is 13.2 Å². The summed E-state index contributed by atoms with van der Waals surface area (Å²) >= 11 is 0. The molecule has 0 saturated carbocycles. The molecule has 0 bridgehead atoms. The zero-order valence-electron chi connectivity index (χ0n) is 16.3. The molecule has 0 aliphatic carbocycles. The summed E-state index contributed by atoms with van der Waals surface area (Å²) in [5, 5.41) is 0. The van der Waals surface area contributed by atoms with Gasteiger partial charge in [0.25, 0.3) is 0 Å². The van der Waals surface area contributed by atoms with E-state index in [4.69, 9.17) is 24.7 Å². The average Bonchev–Trinajstić information content (AvgIpc) is 2.72. The van der Waals surface area contributed by atoms with E-state index in [1.165, 1.54) is 7.11 Å². The minimum Gasteiger partial charge on any atom is -0.496 e. The van der Waals surface area contributed by atoms with Gasteiger partial charge in [0.05, 0.1) is 20.8 Å². The summed E-state index contributed by atoms with van der Waals surface area (Å²) in [4.78, 5) is 23.6. The highest BCUT2D eigenvalue weighted by Gasteiger charge is 2.17. The quantitative estimate of drug-likeness (QED) is 0.660. The Labute approximate surface area is 164 Å². The van der Waals surface area contributed by atoms with E-state index >= 15 is 0 Å². The topological polar surface area (TPSA) is 97.1 Å².